The summed E-state index contributed by atoms with van der Waals surface area (Å²) in [7, 11) is 0. The van der Waals surface area contributed by atoms with Gasteiger partial charge in [-0.25, -0.2) is 4.39 Å². The molecule has 0 aliphatic carbocycles. The molecule has 0 bridgehead atoms. The van der Waals surface area contributed by atoms with E-state index in [1.807, 2.05) is 31.2 Å². The fraction of sp³-hybridized carbons (Fsp3) is 0.176. The Labute approximate surface area is 113 Å². The lowest BCUT2D eigenvalue weighted by atomic mass is 10.1. The van der Waals surface area contributed by atoms with Crippen molar-refractivity contribution in [2.75, 3.05) is 0 Å². The van der Waals surface area contributed by atoms with Crippen LogP contribution in [-0.2, 0) is 13.0 Å². The highest BCUT2D eigenvalue weighted by Gasteiger charge is 2.00. The number of nitrogens with two attached hydrogens (primary N) is 1. The number of hydrogen-bond acceptors (Lipinski definition) is 1. The van der Waals surface area contributed by atoms with Crippen LogP contribution in [0.1, 0.15) is 29.2 Å². The molecular formula is C17H15FN. The van der Waals surface area contributed by atoms with Crippen LogP contribution in [-0.4, -0.2) is 0 Å². The molecule has 2 N–H and O–H groups in total. The second-order valence-electron chi connectivity index (χ2n) is 4.24. The smallest absolute Gasteiger partial charge is 0.146 e. The standard InChI is InChI=1S/C17H15FN/c1-2-13-8-10-17(18)16(11-13)9-7-14-3-5-15(12-19)6-4-14/h3-6,8,11H,2,12,19H2,1H3. The molecule has 0 amide bonds. The highest BCUT2D eigenvalue weighted by Crippen LogP contribution is 2.10. The van der Waals surface area contributed by atoms with Crippen molar-refractivity contribution in [3.63, 3.8) is 0 Å². The molecule has 95 valence electrons. The largest absolute Gasteiger partial charge is 0.326 e. The third-order valence-electron chi connectivity index (χ3n) is 2.89. The van der Waals surface area contributed by atoms with Gasteiger partial charge in [-0.2, -0.15) is 0 Å². The highest BCUT2D eigenvalue weighted by molar-refractivity contribution is 5.45. The van der Waals surface area contributed by atoms with Crippen molar-refractivity contribution in [1.29, 1.82) is 0 Å². The first kappa shape index (κ1) is 13.3. The zero-order valence-corrected chi connectivity index (χ0v) is 10.8. The SMILES string of the molecule is CCc1c[c]c(F)c(C#Cc2ccc(CN)cc2)c1. The average molecular weight is 252 g/mol. The lowest BCUT2D eigenvalue weighted by Crippen LogP contribution is -1.95. The highest BCUT2D eigenvalue weighted by atomic mass is 19.1. The van der Waals surface area contributed by atoms with Crippen LogP contribution < -0.4 is 5.73 Å². The fourth-order valence-corrected chi connectivity index (χ4v) is 1.68. The van der Waals surface area contributed by atoms with Gasteiger partial charge in [0.25, 0.3) is 0 Å². The summed E-state index contributed by atoms with van der Waals surface area (Å²) in [5.74, 6) is 5.41. The van der Waals surface area contributed by atoms with E-state index >= 15 is 0 Å². The maximum atomic E-state index is 13.6. The maximum absolute atomic E-state index is 13.6. The van der Waals surface area contributed by atoms with Gasteiger partial charge in [0, 0.05) is 18.2 Å². The Bertz CT molecular complexity index is 618. The molecule has 19 heavy (non-hydrogen) atoms. The Kier molecular flexibility index (Phi) is 4.33. The molecule has 0 fully saturated rings. The summed E-state index contributed by atoms with van der Waals surface area (Å²) >= 11 is 0. The van der Waals surface area contributed by atoms with Gasteiger partial charge in [-0.1, -0.05) is 30.9 Å². The van der Waals surface area contributed by atoms with Gasteiger partial charge < -0.3 is 5.73 Å². The van der Waals surface area contributed by atoms with Gasteiger partial charge in [0.2, 0.25) is 0 Å². The van der Waals surface area contributed by atoms with Crippen molar-refractivity contribution < 1.29 is 4.39 Å². The molecule has 0 heterocycles. The second kappa shape index (κ2) is 6.17. The van der Waals surface area contributed by atoms with E-state index in [1.54, 1.807) is 12.1 Å². The number of aryl methyl sites for hydroxylation is 1. The first-order valence-corrected chi connectivity index (χ1v) is 6.24. The second-order valence-corrected chi connectivity index (χ2v) is 4.24. The molecule has 0 aliphatic rings. The molecule has 0 spiro atoms. The normalized spacial score (nSPS) is 9.84. The molecule has 0 aromatic heterocycles. The molecule has 2 aromatic carbocycles. The Morgan fingerprint density at radius 1 is 1.16 bits per heavy atom. The van der Waals surface area contributed by atoms with Gasteiger partial charge in [-0.05, 0) is 41.8 Å². The molecule has 0 unspecified atom stereocenters. The zero-order chi connectivity index (χ0) is 13.7. The minimum Gasteiger partial charge on any atom is -0.326 e. The first-order valence-electron chi connectivity index (χ1n) is 6.24. The van der Waals surface area contributed by atoms with Crippen LogP contribution in [0, 0.1) is 23.7 Å². The van der Waals surface area contributed by atoms with Crippen LogP contribution in [0.2, 0.25) is 0 Å². The van der Waals surface area contributed by atoms with E-state index in [4.69, 9.17) is 5.73 Å². The predicted octanol–water partition coefficient (Wildman–Crippen LogP) is 3.05. The Hall–Kier alpha value is -2.11. The molecule has 2 heteroatoms. The van der Waals surface area contributed by atoms with Crippen molar-refractivity contribution in [3.8, 4) is 11.8 Å². The summed E-state index contributed by atoms with van der Waals surface area (Å²) in [5, 5.41) is 0. The van der Waals surface area contributed by atoms with Gasteiger partial charge in [-0.15, -0.1) is 0 Å². The van der Waals surface area contributed by atoms with Crippen LogP contribution in [0.25, 0.3) is 0 Å². The van der Waals surface area contributed by atoms with Crippen molar-refractivity contribution >= 4 is 0 Å². The van der Waals surface area contributed by atoms with Crippen LogP contribution in [0.5, 0.6) is 0 Å². The third kappa shape index (κ3) is 3.43. The number of benzene rings is 2. The van der Waals surface area contributed by atoms with Gasteiger partial charge in [0.1, 0.15) is 5.82 Å². The number of halogens is 1. The molecule has 0 saturated heterocycles. The van der Waals surface area contributed by atoms with E-state index in [-0.39, 0.29) is 0 Å². The van der Waals surface area contributed by atoms with E-state index in [2.05, 4.69) is 17.9 Å². The van der Waals surface area contributed by atoms with E-state index < -0.39 is 5.82 Å². The molecule has 1 radical (unpaired) electrons. The van der Waals surface area contributed by atoms with Crippen LogP contribution in [0.4, 0.5) is 4.39 Å². The van der Waals surface area contributed by atoms with Crippen molar-refractivity contribution in [1.82, 2.24) is 0 Å². The molecule has 2 aromatic rings. The quantitative estimate of drug-likeness (QED) is 0.817. The van der Waals surface area contributed by atoms with E-state index in [1.165, 1.54) is 0 Å². The lowest BCUT2D eigenvalue weighted by Gasteiger charge is -1.98. The minimum absolute atomic E-state index is 0.391. The molecular weight excluding hydrogens is 237 g/mol. The van der Waals surface area contributed by atoms with Crippen LogP contribution in [0.15, 0.2) is 36.4 Å². The van der Waals surface area contributed by atoms with Crippen LogP contribution in [0.3, 0.4) is 0 Å². The number of rotatable bonds is 2. The Balaban J connectivity index is 2.27. The van der Waals surface area contributed by atoms with Crippen LogP contribution >= 0.6 is 0 Å². The zero-order valence-electron chi connectivity index (χ0n) is 10.8. The summed E-state index contributed by atoms with van der Waals surface area (Å²) in [6.45, 7) is 2.53. The average Bonchev–Trinajstić information content (AvgIpc) is 2.47. The molecule has 1 nitrogen and oxygen atoms in total. The topological polar surface area (TPSA) is 26.0 Å². The van der Waals surface area contributed by atoms with E-state index in [0.717, 1.165) is 23.1 Å². The maximum Gasteiger partial charge on any atom is 0.146 e. The first-order chi connectivity index (χ1) is 9.22. The van der Waals surface area contributed by atoms with Gasteiger partial charge in [0.15, 0.2) is 0 Å². The fourth-order valence-electron chi connectivity index (χ4n) is 1.68. The van der Waals surface area contributed by atoms with Crippen molar-refractivity contribution in [2.24, 2.45) is 5.73 Å². The predicted molar refractivity (Wildman–Crippen MR) is 74.9 cm³/mol. The monoisotopic (exact) mass is 252 g/mol. The Morgan fingerprint density at radius 3 is 2.53 bits per heavy atom. The molecule has 0 saturated carbocycles. The van der Waals surface area contributed by atoms with E-state index in [9.17, 15) is 4.39 Å². The Morgan fingerprint density at radius 2 is 1.89 bits per heavy atom. The van der Waals surface area contributed by atoms with Crippen molar-refractivity contribution in [2.45, 2.75) is 19.9 Å². The minimum atomic E-state index is -0.400. The van der Waals surface area contributed by atoms with E-state index in [0.29, 0.717) is 12.1 Å². The molecule has 0 atom stereocenters. The third-order valence-corrected chi connectivity index (χ3v) is 2.89. The van der Waals surface area contributed by atoms with Gasteiger partial charge in [-0.3, -0.25) is 0 Å². The van der Waals surface area contributed by atoms with Gasteiger partial charge in [0.05, 0.1) is 5.56 Å². The summed E-state index contributed by atoms with van der Waals surface area (Å²) in [6, 6.07) is 13.7. The molecule has 2 rings (SSSR count). The van der Waals surface area contributed by atoms with Crippen molar-refractivity contribution in [3.05, 3.63) is 70.5 Å². The number of hydrogen-bond donors (Lipinski definition) is 1. The summed E-state index contributed by atoms with van der Waals surface area (Å²) in [5.41, 5.74) is 8.85. The summed E-state index contributed by atoms with van der Waals surface area (Å²) < 4.78 is 13.6. The van der Waals surface area contributed by atoms with Gasteiger partial charge >= 0.3 is 0 Å². The summed E-state index contributed by atoms with van der Waals surface area (Å²) in [4.78, 5) is 0. The lowest BCUT2D eigenvalue weighted by molar-refractivity contribution is 0.621. The molecule has 0 aliphatic heterocycles. The summed E-state index contributed by atoms with van der Waals surface area (Å²) in [6.07, 6.45) is 0.844.